The van der Waals surface area contributed by atoms with Gasteiger partial charge in [-0.1, -0.05) is 48.2 Å². The molecule has 0 fully saturated rings. The van der Waals surface area contributed by atoms with E-state index < -0.39 is 5.92 Å². The zero-order valence-corrected chi connectivity index (χ0v) is 20.1. The lowest BCUT2D eigenvalue weighted by Gasteiger charge is -2.33. The Morgan fingerprint density at radius 1 is 1.21 bits per heavy atom. The highest BCUT2D eigenvalue weighted by Gasteiger charge is 2.38. The third kappa shape index (κ3) is 4.87. The van der Waals surface area contributed by atoms with Gasteiger partial charge in [0.25, 0.3) is 0 Å². The fourth-order valence-electron chi connectivity index (χ4n) is 4.39. The lowest BCUT2D eigenvalue weighted by atomic mass is 9.76. The number of para-hydroxylation sites is 2. The van der Waals surface area contributed by atoms with E-state index in [1.54, 1.807) is 0 Å². The molecular formula is C27H27N3O3S. The molecule has 1 atom stereocenters. The van der Waals surface area contributed by atoms with Gasteiger partial charge >= 0.3 is 0 Å². The number of carbonyl (C=O) groups is 2. The maximum atomic E-state index is 13.0. The first kappa shape index (κ1) is 23.7. The van der Waals surface area contributed by atoms with Gasteiger partial charge < -0.3 is 15.4 Å². The quantitative estimate of drug-likeness (QED) is 0.575. The Labute approximate surface area is 204 Å². The maximum absolute atomic E-state index is 13.0. The molecule has 0 bridgehead atoms. The minimum Gasteiger partial charge on any atom is -0.494 e. The number of dihydropyridines is 1. The molecule has 2 aliphatic rings. The number of nitriles is 1. The SMILES string of the molecule is CCOc1ccccc1C1C(C#N)=C(SCC(=O)Nc2ccccc2C)NC2=C1C(=O)CCC2. The van der Waals surface area contributed by atoms with Crippen molar-refractivity contribution in [2.24, 2.45) is 0 Å². The Balaban J connectivity index is 1.66. The number of aryl methyl sites for hydroxylation is 1. The van der Waals surface area contributed by atoms with Crippen molar-refractivity contribution in [1.82, 2.24) is 5.32 Å². The van der Waals surface area contributed by atoms with E-state index in [-0.39, 0.29) is 17.4 Å². The van der Waals surface area contributed by atoms with Gasteiger partial charge in [0.05, 0.1) is 34.9 Å². The van der Waals surface area contributed by atoms with Gasteiger partial charge in [0.2, 0.25) is 5.91 Å². The van der Waals surface area contributed by atoms with E-state index >= 15 is 0 Å². The lowest BCUT2D eigenvalue weighted by molar-refractivity contribution is -0.116. The standard InChI is InChI=1S/C27H27N3O3S/c1-3-33-23-14-7-5-10-18(23)25-19(15-28)27(30-21-12-8-13-22(31)26(21)25)34-16-24(32)29-20-11-6-4-9-17(20)2/h4-7,9-11,14,25,30H,3,8,12-13,16H2,1-2H3,(H,29,32). The first-order valence-electron chi connectivity index (χ1n) is 11.4. The first-order chi connectivity index (χ1) is 16.5. The number of nitrogens with zero attached hydrogens (tertiary/aromatic N) is 1. The zero-order valence-electron chi connectivity index (χ0n) is 19.3. The topological polar surface area (TPSA) is 91.2 Å². The van der Waals surface area contributed by atoms with Gasteiger partial charge in [-0.3, -0.25) is 9.59 Å². The van der Waals surface area contributed by atoms with E-state index in [0.29, 0.717) is 35.0 Å². The van der Waals surface area contributed by atoms with Gasteiger partial charge in [-0.25, -0.2) is 0 Å². The molecule has 1 aliphatic heterocycles. The number of carbonyl (C=O) groups excluding carboxylic acids is 2. The predicted molar refractivity (Wildman–Crippen MR) is 134 cm³/mol. The molecule has 0 radical (unpaired) electrons. The molecule has 4 rings (SSSR count). The molecule has 1 aliphatic carbocycles. The Kier molecular flexibility index (Phi) is 7.39. The molecule has 2 aromatic rings. The summed E-state index contributed by atoms with van der Waals surface area (Å²) in [5, 5.41) is 17.1. The number of amides is 1. The second kappa shape index (κ2) is 10.6. The zero-order chi connectivity index (χ0) is 24.1. The van der Waals surface area contributed by atoms with Crippen molar-refractivity contribution in [2.75, 3.05) is 17.7 Å². The van der Waals surface area contributed by atoms with Crippen LogP contribution in [-0.4, -0.2) is 24.1 Å². The summed E-state index contributed by atoms with van der Waals surface area (Å²) in [5.41, 5.74) is 4.47. The van der Waals surface area contributed by atoms with Crippen LogP contribution >= 0.6 is 11.8 Å². The van der Waals surface area contributed by atoms with Gasteiger partial charge in [-0.05, 0) is 44.4 Å². The lowest BCUT2D eigenvalue weighted by Crippen LogP contribution is -2.32. The molecule has 1 amide bonds. The van der Waals surface area contributed by atoms with Crippen LogP contribution in [-0.2, 0) is 9.59 Å². The summed E-state index contributed by atoms with van der Waals surface area (Å²) < 4.78 is 5.85. The Hall–Kier alpha value is -3.50. The molecule has 1 unspecified atom stereocenters. The van der Waals surface area contributed by atoms with Crippen LogP contribution in [0.25, 0.3) is 0 Å². The van der Waals surface area contributed by atoms with Gasteiger partial charge in [0, 0.05) is 28.9 Å². The van der Waals surface area contributed by atoms with Crippen molar-refractivity contribution in [3.63, 3.8) is 0 Å². The summed E-state index contributed by atoms with van der Waals surface area (Å²) in [7, 11) is 0. The van der Waals surface area contributed by atoms with Crippen molar-refractivity contribution in [1.29, 1.82) is 5.26 Å². The van der Waals surface area contributed by atoms with Crippen molar-refractivity contribution in [2.45, 2.75) is 39.0 Å². The summed E-state index contributed by atoms with van der Waals surface area (Å²) in [4.78, 5) is 25.7. The molecule has 174 valence electrons. The number of ether oxygens (including phenoxy) is 1. The number of Topliss-reactive ketones (excluding diaryl/α,β-unsaturated/α-hetero) is 1. The predicted octanol–water partition coefficient (Wildman–Crippen LogP) is 5.19. The molecule has 0 saturated carbocycles. The Morgan fingerprint density at radius 2 is 1.97 bits per heavy atom. The summed E-state index contributed by atoms with van der Waals surface area (Å²) in [6.45, 7) is 4.33. The number of benzene rings is 2. The molecule has 0 spiro atoms. The number of hydrogen-bond donors (Lipinski definition) is 2. The van der Waals surface area contributed by atoms with Crippen molar-refractivity contribution in [3.8, 4) is 11.8 Å². The Bertz CT molecular complexity index is 1230. The second-order valence-electron chi connectivity index (χ2n) is 8.20. The molecular weight excluding hydrogens is 446 g/mol. The number of nitrogens with one attached hydrogen (secondary N) is 2. The van der Waals surface area contributed by atoms with E-state index in [2.05, 4.69) is 16.7 Å². The minimum absolute atomic E-state index is 0.0548. The number of anilines is 1. The van der Waals surface area contributed by atoms with Gasteiger partial charge in [0.1, 0.15) is 5.75 Å². The van der Waals surface area contributed by atoms with E-state index in [4.69, 9.17) is 4.74 Å². The molecule has 34 heavy (non-hydrogen) atoms. The van der Waals surface area contributed by atoms with Gasteiger partial charge in [-0.2, -0.15) is 5.26 Å². The fraction of sp³-hybridized carbons (Fsp3) is 0.296. The minimum atomic E-state index is -0.515. The largest absolute Gasteiger partial charge is 0.494 e. The fourth-order valence-corrected chi connectivity index (χ4v) is 5.25. The van der Waals surface area contributed by atoms with E-state index in [1.807, 2.05) is 62.4 Å². The summed E-state index contributed by atoms with van der Waals surface area (Å²) >= 11 is 1.29. The van der Waals surface area contributed by atoms with Crippen LogP contribution < -0.4 is 15.4 Å². The third-order valence-corrected chi connectivity index (χ3v) is 6.98. The molecule has 2 N–H and O–H groups in total. The highest BCUT2D eigenvalue weighted by molar-refractivity contribution is 8.03. The van der Waals surface area contributed by atoms with Crippen LogP contribution in [0.5, 0.6) is 5.75 Å². The highest BCUT2D eigenvalue weighted by atomic mass is 32.2. The van der Waals surface area contributed by atoms with Crippen molar-refractivity contribution < 1.29 is 14.3 Å². The van der Waals surface area contributed by atoms with Crippen LogP contribution in [0, 0.1) is 18.3 Å². The van der Waals surface area contributed by atoms with Crippen LogP contribution in [0.1, 0.15) is 43.2 Å². The van der Waals surface area contributed by atoms with E-state index in [0.717, 1.165) is 35.4 Å². The number of ketones is 1. The Morgan fingerprint density at radius 3 is 2.74 bits per heavy atom. The van der Waals surface area contributed by atoms with Crippen LogP contribution in [0.3, 0.4) is 0 Å². The molecule has 0 saturated heterocycles. The van der Waals surface area contributed by atoms with Gasteiger partial charge in [-0.15, -0.1) is 0 Å². The number of hydrogen-bond acceptors (Lipinski definition) is 6. The van der Waals surface area contributed by atoms with Crippen molar-refractivity contribution >= 4 is 29.1 Å². The molecule has 1 heterocycles. The van der Waals surface area contributed by atoms with E-state index in [9.17, 15) is 14.9 Å². The monoisotopic (exact) mass is 473 g/mol. The summed E-state index contributed by atoms with van der Waals surface area (Å²) in [5.74, 6) is 0.184. The maximum Gasteiger partial charge on any atom is 0.234 e. The number of rotatable bonds is 7. The number of allylic oxidation sites excluding steroid dienone is 3. The van der Waals surface area contributed by atoms with E-state index in [1.165, 1.54) is 11.8 Å². The summed E-state index contributed by atoms with van der Waals surface area (Å²) in [6, 6.07) is 17.5. The molecule has 7 heteroatoms. The van der Waals surface area contributed by atoms with Gasteiger partial charge in [0.15, 0.2) is 5.78 Å². The van der Waals surface area contributed by atoms with Crippen LogP contribution in [0.2, 0.25) is 0 Å². The average Bonchev–Trinajstić information content (AvgIpc) is 2.84. The molecule has 0 aromatic heterocycles. The first-order valence-corrected chi connectivity index (χ1v) is 12.4. The highest BCUT2D eigenvalue weighted by Crippen LogP contribution is 2.46. The molecule has 6 nitrogen and oxygen atoms in total. The molecule has 2 aromatic carbocycles. The second-order valence-corrected chi connectivity index (χ2v) is 9.19. The average molecular weight is 474 g/mol. The van der Waals surface area contributed by atoms with Crippen molar-refractivity contribution in [3.05, 3.63) is 81.5 Å². The summed E-state index contributed by atoms with van der Waals surface area (Å²) in [6.07, 6.45) is 1.96. The van der Waals surface area contributed by atoms with Crippen LogP contribution in [0.4, 0.5) is 5.69 Å². The number of thioether (sulfide) groups is 1. The van der Waals surface area contributed by atoms with Crippen LogP contribution in [0.15, 0.2) is 70.4 Å². The smallest absolute Gasteiger partial charge is 0.234 e. The normalized spacial score (nSPS) is 17.6. The third-order valence-electron chi connectivity index (χ3n) is 5.96.